The van der Waals surface area contributed by atoms with Crippen molar-refractivity contribution in [2.45, 2.75) is 6.04 Å². The maximum absolute atomic E-state index is 13.1. The zero-order valence-corrected chi connectivity index (χ0v) is 16.9. The maximum Gasteiger partial charge on any atom is 0.348 e. The summed E-state index contributed by atoms with van der Waals surface area (Å²) in [6.07, 6.45) is 0. The van der Waals surface area contributed by atoms with Crippen LogP contribution in [-0.2, 0) is 14.3 Å². The number of hydrogen-bond donors (Lipinski definition) is 1. The predicted octanol–water partition coefficient (Wildman–Crippen LogP) is 3.85. The average Bonchev–Trinajstić information content (AvgIpc) is 3.12. The van der Waals surface area contributed by atoms with Gasteiger partial charge < -0.3 is 14.8 Å². The van der Waals surface area contributed by atoms with Crippen LogP contribution in [0.1, 0.15) is 21.3 Å². The highest BCUT2D eigenvalue weighted by atomic mass is 35.5. The van der Waals surface area contributed by atoms with Gasteiger partial charge in [0.05, 0.1) is 25.3 Å². The molecule has 9 heteroatoms. The smallest absolute Gasteiger partial charge is 0.348 e. The molecule has 1 saturated heterocycles. The Morgan fingerprint density at radius 1 is 1.22 bits per heavy atom. The summed E-state index contributed by atoms with van der Waals surface area (Å²) in [4.78, 5) is 27.2. The summed E-state index contributed by atoms with van der Waals surface area (Å²) in [5, 5.41) is 4.37. The molecule has 1 atom stereocenters. The van der Waals surface area contributed by atoms with Crippen LogP contribution in [0.5, 0.6) is 0 Å². The molecular weight excluding hydrogens is 411 g/mol. The largest absolute Gasteiger partial charge is 0.465 e. The molecule has 1 N–H and O–H groups in total. The van der Waals surface area contributed by atoms with Crippen molar-refractivity contribution in [3.63, 3.8) is 0 Å². The molecule has 0 saturated carbocycles. The topological polar surface area (TPSA) is 67.9 Å². The Hall–Kier alpha value is -1.64. The zero-order valence-electron chi connectivity index (χ0n) is 14.5. The number of thiophene rings is 1. The van der Waals surface area contributed by atoms with Gasteiger partial charge in [0.2, 0.25) is 5.91 Å². The highest BCUT2D eigenvalue weighted by Crippen LogP contribution is 2.32. The normalized spacial score (nSPS) is 16.0. The van der Waals surface area contributed by atoms with E-state index in [0.717, 1.165) is 11.3 Å². The molecular formula is C18H18Cl2N2O4S. The molecule has 3 rings (SSSR count). The summed E-state index contributed by atoms with van der Waals surface area (Å²) in [6, 6.07) is 7.80. The maximum atomic E-state index is 13.1. The summed E-state index contributed by atoms with van der Waals surface area (Å²) in [5.74, 6) is -0.676. The van der Waals surface area contributed by atoms with Gasteiger partial charge in [-0.2, -0.15) is 0 Å². The summed E-state index contributed by atoms with van der Waals surface area (Å²) in [6.45, 7) is 2.30. The van der Waals surface area contributed by atoms with E-state index in [1.165, 1.54) is 7.11 Å². The van der Waals surface area contributed by atoms with Crippen molar-refractivity contribution in [1.29, 1.82) is 0 Å². The first-order chi connectivity index (χ1) is 13.0. The van der Waals surface area contributed by atoms with Crippen LogP contribution in [0.4, 0.5) is 5.00 Å². The molecule has 0 bridgehead atoms. The Morgan fingerprint density at radius 2 is 1.96 bits per heavy atom. The summed E-state index contributed by atoms with van der Waals surface area (Å²) in [7, 11) is 1.32. The second-order valence-corrected chi connectivity index (χ2v) is 7.79. The standard InChI is InChI=1S/C18H18Cl2N2O4S/c1-25-18(24)14-4-5-15(27-14)21-17(23)16(22-6-8-26-9-7-22)12-3-2-11(19)10-13(12)20/h2-5,10,16H,6-9H2,1H3,(H,21,23)/t16-/m1/s1. The van der Waals surface area contributed by atoms with E-state index in [1.54, 1.807) is 30.3 Å². The van der Waals surface area contributed by atoms with Crippen molar-refractivity contribution in [3.05, 3.63) is 50.8 Å². The fraction of sp³-hybridized carbons (Fsp3) is 0.333. The number of hydrogen-bond acceptors (Lipinski definition) is 6. The van der Waals surface area contributed by atoms with E-state index >= 15 is 0 Å². The minimum absolute atomic E-state index is 0.237. The number of nitrogens with one attached hydrogen (secondary N) is 1. The van der Waals surface area contributed by atoms with Crippen LogP contribution < -0.4 is 5.32 Å². The van der Waals surface area contributed by atoms with E-state index in [-0.39, 0.29) is 5.91 Å². The number of methoxy groups -OCH3 is 1. The van der Waals surface area contributed by atoms with Crippen LogP contribution >= 0.6 is 34.5 Å². The lowest BCUT2D eigenvalue weighted by Gasteiger charge is -2.34. The number of carbonyl (C=O) groups is 2. The van der Waals surface area contributed by atoms with Gasteiger partial charge >= 0.3 is 5.97 Å². The van der Waals surface area contributed by atoms with Gasteiger partial charge in [-0.3, -0.25) is 9.69 Å². The molecule has 0 spiro atoms. The van der Waals surface area contributed by atoms with Crippen molar-refractivity contribution in [3.8, 4) is 0 Å². The monoisotopic (exact) mass is 428 g/mol. The molecule has 0 radical (unpaired) electrons. The van der Waals surface area contributed by atoms with E-state index in [4.69, 9.17) is 32.7 Å². The molecule has 0 unspecified atom stereocenters. The van der Waals surface area contributed by atoms with Gasteiger partial charge in [-0.1, -0.05) is 29.3 Å². The molecule has 2 heterocycles. The quantitative estimate of drug-likeness (QED) is 0.732. The summed E-state index contributed by atoms with van der Waals surface area (Å²) < 4.78 is 10.1. The second kappa shape index (κ2) is 9.03. The molecule has 1 aliphatic heterocycles. The van der Waals surface area contributed by atoms with Gasteiger partial charge in [-0.15, -0.1) is 11.3 Å². The Balaban J connectivity index is 1.86. The van der Waals surface area contributed by atoms with E-state index in [9.17, 15) is 9.59 Å². The van der Waals surface area contributed by atoms with Gasteiger partial charge in [0.15, 0.2) is 0 Å². The van der Waals surface area contributed by atoms with Gasteiger partial charge in [0.1, 0.15) is 10.9 Å². The highest BCUT2D eigenvalue weighted by Gasteiger charge is 2.31. The molecule has 0 aliphatic carbocycles. The number of anilines is 1. The number of esters is 1. The molecule has 27 heavy (non-hydrogen) atoms. The van der Waals surface area contributed by atoms with Crippen LogP contribution in [0, 0.1) is 0 Å². The predicted molar refractivity (Wildman–Crippen MR) is 106 cm³/mol. The highest BCUT2D eigenvalue weighted by molar-refractivity contribution is 7.18. The third-order valence-corrected chi connectivity index (χ3v) is 5.70. The molecule has 2 aromatic rings. The Bertz CT molecular complexity index is 837. The Morgan fingerprint density at radius 3 is 2.63 bits per heavy atom. The molecule has 1 amide bonds. The van der Waals surface area contributed by atoms with Crippen LogP contribution in [0.25, 0.3) is 0 Å². The van der Waals surface area contributed by atoms with Crippen molar-refractivity contribution in [1.82, 2.24) is 4.90 Å². The number of rotatable bonds is 5. The summed E-state index contributed by atoms with van der Waals surface area (Å²) >= 11 is 13.5. The lowest BCUT2D eigenvalue weighted by atomic mass is 10.0. The Labute approximate surface area is 171 Å². The van der Waals surface area contributed by atoms with Gasteiger partial charge in [-0.05, 0) is 29.8 Å². The minimum Gasteiger partial charge on any atom is -0.465 e. The van der Waals surface area contributed by atoms with E-state index in [2.05, 4.69) is 5.32 Å². The van der Waals surface area contributed by atoms with Gasteiger partial charge in [-0.25, -0.2) is 4.79 Å². The number of halogens is 2. The van der Waals surface area contributed by atoms with E-state index < -0.39 is 12.0 Å². The van der Waals surface area contributed by atoms with Crippen LogP contribution in [0.3, 0.4) is 0 Å². The molecule has 1 aliphatic rings. The zero-order chi connectivity index (χ0) is 19.4. The van der Waals surface area contributed by atoms with Crippen molar-refractivity contribution < 1.29 is 19.1 Å². The third kappa shape index (κ3) is 4.80. The van der Waals surface area contributed by atoms with E-state index in [1.807, 2.05) is 4.90 Å². The minimum atomic E-state index is -0.595. The molecule has 1 aromatic carbocycles. The second-order valence-electron chi connectivity index (χ2n) is 5.86. The fourth-order valence-electron chi connectivity index (χ4n) is 2.87. The van der Waals surface area contributed by atoms with Crippen LogP contribution in [0.2, 0.25) is 10.0 Å². The molecule has 1 aromatic heterocycles. The third-order valence-electron chi connectivity index (χ3n) is 4.16. The molecule has 6 nitrogen and oxygen atoms in total. The van der Waals surface area contributed by atoms with Crippen LogP contribution in [-0.4, -0.2) is 50.2 Å². The van der Waals surface area contributed by atoms with Gasteiger partial charge in [0, 0.05) is 23.1 Å². The number of amides is 1. The van der Waals surface area contributed by atoms with Crippen LogP contribution in [0.15, 0.2) is 30.3 Å². The number of carbonyl (C=O) groups excluding carboxylic acids is 2. The lowest BCUT2D eigenvalue weighted by Crippen LogP contribution is -2.44. The van der Waals surface area contributed by atoms with Crippen molar-refractivity contribution >= 4 is 51.4 Å². The average molecular weight is 429 g/mol. The fourth-order valence-corrected chi connectivity index (χ4v) is 4.21. The lowest BCUT2D eigenvalue weighted by molar-refractivity contribution is -0.123. The Kier molecular flexibility index (Phi) is 6.73. The SMILES string of the molecule is COC(=O)c1ccc(NC(=O)[C@@H](c2ccc(Cl)cc2Cl)N2CCOCC2)s1. The number of nitrogens with zero attached hydrogens (tertiary/aromatic N) is 1. The van der Waals surface area contributed by atoms with E-state index in [0.29, 0.717) is 51.8 Å². The first kappa shape index (κ1) is 20.1. The molecule has 144 valence electrons. The first-order valence-electron chi connectivity index (χ1n) is 8.25. The molecule has 1 fully saturated rings. The van der Waals surface area contributed by atoms with Crippen molar-refractivity contribution in [2.75, 3.05) is 38.7 Å². The number of morpholine rings is 1. The van der Waals surface area contributed by atoms with Gasteiger partial charge in [0.25, 0.3) is 0 Å². The summed E-state index contributed by atoms with van der Waals surface area (Å²) in [5.41, 5.74) is 0.671. The number of benzene rings is 1. The number of ether oxygens (including phenoxy) is 2. The first-order valence-corrected chi connectivity index (χ1v) is 9.82. The van der Waals surface area contributed by atoms with Crippen molar-refractivity contribution in [2.24, 2.45) is 0 Å².